The van der Waals surface area contributed by atoms with Gasteiger partial charge in [0.25, 0.3) is 0 Å². The number of likely N-dealkylation sites (tertiary alicyclic amines) is 1. The lowest BCUT2D eigenvalue weighted by Crippen LogP contribution is -2.57. The Kier molecular flexibility index (Phi) is 14.9. The Balaban J connectivity index is 1.23. The summed E-state index contributed by atoms with van der Waals surface area (Å²) in [6, 6.07) is 14.6. The SMILES string of the molecule is Cc1ncsc1-c1ccc(CNC(=O)[C@@H]2C[C@@H](O)CN2C(=O)[C@@H](NC(=O)CCCCCc2cccc(CC[C@@H](N)CCC(N)=O)c2)C(C)(C)C)cc1. The number of amides is 4. The minimum atomic E-state index is -0.852. The number of thiazole rings is 1. The van der Waals surface area contributed by atoms with Crippen molar-refractivity contribution in [3.05, 3.63) is 76.4 Å². The Morgan fingerprint density at radius 3 is 2.35 bits per heavy atom. The third-order valence-corrected chi connectivity index (χ3v) is 10.6. The molecule has 0 radical (unpaired) electrons. The van der Waals surface area contributed by atoms with Crippen LogP contribution in [0.4, 0.5) is 0 Å². The lowest BCUT2D eigenvalue weighted by atomic mass is 9.85. The van der Waals surface area contributed by atoms with Crippen LogP contribution in [0.2, 0.25) is 0 Å². The van der Waals surface area contributed by atoms with Crippen molar-refractivity contribution >= 4 is 35.0 Å². The monoisotopic (exact) mass is 732 g/mol. The largest absolute Gasteiger partial charge is 0.391 e. The fraction of sp³-hybridized carbons (Fsp3) is 0.525. The second-order valence-electron chi connectivity index (χ2n) is 15.1. The van der Waals surface area contributed by atoms with Crippen LogP contribution >= 0.6 is 11.3 Å². The van der Waals surface area contributed by atoms with E-state index >= 15 is 0 Å². The molecule has 282 valence electrons. The highest BCUT2D eigenvalue weighted by Gasteiger charge is 2.44. The number of carbonyl (C=O) groups is 4. The van der Waals surface area contributed by atoms with Gasteiger partial charge in [0.15, 0.2) is 0 Å². The summed E-state index contributed by atoms with van der Waals surface area (Å²) >= 11 is 1.58. The highest BCUT2D eigenvalue weighted by Crippen LogP contribution is 2.28. The number of nitrogens with zero attached hydrogens (tertiary/aromatic N) is 2. The molecular formula is C40H56N6O5S. The first-order valence-corrected chi connectivity index (χ1v) is 19.3. The van der Waals surface area contributed by atoms with Gasteiger partial charge in [0.05, 0.1) is 22.2 Å². The minimum absolute atomic E-state index is 0.0333. The number of nitrogens with two attached hydrogens (primary N) is 2. The zero-order chi connectivity index (χ0) is 37.8. The van der Waals surface area contributed by atoms with Crippen LogP contribution in [0, 0.1) is 12.3 Å². The van der Waals surface area contributed by atoms with Crippen molar-refractivity contribution in [1.82, 2.24) is 20.5 Å². The van der Waals surface area contributed by atoms with E-state index in [1.807, 2.05) is 63.5 Å². The van der Waals surface area contributed by atoms with Crippen LogP contribution in [0.3, 0.4) is 0 Å². The molecular weight excluding hydrogens is 677 g/mol. The van der Waals surface area contributed by atoms with Crippen LogP contribution in [0.15, 0.2) is 54.0 Å². The van der Waals surface area contributed by atoms with Gasteiger partial charge in [-0.05, 0) is 73.1 Å². The summed E-state index contributed by atoms with van der Waals surface area (Å²) in [6.07, 6.45) is 5.49. The Morgan fingerprint density at radius 2 is 1.69 bits per heavy atom. The molecule has 52 heavy (non-hydrogen) atoms. The molecule has 1 aliphatic heterocycles. The van der Waals surface area contributed by atoms with Crippen molar-refractivity contribution in [3.8, 4) is 10.4 Å². The van der Waals surface area contributed by atoms with Gasteiger partial charge >= 0.3 is 0 Å². The third kappa shape index (κ3) is 12.2. The standard InChI is InChI=1S/C40H56N6O5S/c1-26-36(52-25-44-26)30-16-13-29(14-17-30)23-43-38(50)33-22-32(47)24-46(33)39(51)37(40(2,3)4)45-35(49)12-7-5-6-9-27-10-8-11-28(21-27)15-18-31(41)19-20-34(42)48/h8,10-11,13-14,16-17,21,25,31-33,37,47H,5-7,9,12,15,18-20,22-24,41H2,1-4H3,(H2,42,48)(H,43,50)(H,45,49)/t31-,32-,33+,37-/m1/s1. The number of β-amino-alcohol motifs (C(OH)–C–C–N with tert-alkyl or cyclic N) is 1. The average Bonchev–Trinajstić information content (AvgIpc) is 3.72. The Labute approximate surface area is 312 Å². The second kappa shape index (κ2) is 19.1. The summed E-state index contributed by atoms with van der Waals surface area (Å²) in [5.41, 5.74) is 18.0. The maximum absolute atomic E-state index is 13.9. The molecule has 4 rings (SSSR count). The van der Waals surface area contributed by atoms with Crippen LogP contribution in [0.1, 0.15) is 94.5 Å². The predicted octanol–water partition coefficient (Wildman–Crippen LogP) is 4.56. The molecule has 1 saturated heterocycles. The van der Waals surface area contributed by atoms with Crippen molar-refractivity contribution in [3.63, 3.8) is 0 Å². The number of hydrogen-bond acceptors (Lipinski definition) is 8. The molecule has 0 aliphatic carbocycles. The van der Waals surface area contributed by atoms with Gasteiger partial charge in [-0.1, -0.05) is 75.7 Å². The van der Waals surface area contributed by atoms with E-state index in [-0.39, 0.29) is 55.6 Å². The number of aliphatic hydroxyl groups excluding tert-OH is 1. The number of rotatable bonds is 18. The lowest BCUT2D eigenvalue weighted by Gasteiger charge is -2.35. The number of primary amides is 1. The molecule has 7 N–H and O–H groups in total. The molecule has 11 nitrogen and oxygen atoms in total. The van der Waals surface area contributed by atoms with Crippen LogP contribution < -0.4 is 22.1 Å². The van der Waals surface area contributed by atoms with E-state index < -0.39 is 23.6 Å². The van der Waals surface area contributed by atoms with Crippen molar-refractivity contribution in [1.29, 1.82) is 0 Å². The first kappa shape index (κ1) is 40.6. The molecule has 2 aromatic carbocycles. The van der Waals surface area contributed by atoms with Gasteiger partial charge in [0, 0.05) is 38.4 Å². The average molecular weight is 733 g/mol. The fourth-order valence-electron chi connectivity index (χ4n) is 6.57. The van der Waals surface area contributed by atoms with Gasteiger partial charge in [-0.15, -0.1) is 11.3 Å². The zero-order valence-corrected chi connectivity index (χ0v) is 31.8. The Morgan fingerprint density at radius 1 is 0.981 bits per heavy atom. The number of aryl methyl sites for hydroxylation is 3. The fourth-order valence-corrected chi connectivity index (χ4v) is 7.38. The van der Waals surface area contributed by atoms with Gasteiger partial charge in [0.1, 0.15) is 12.1 Å². The number of aromatic nitrogens is 1. The van der Waals surface area contributed by atoms with E-state index in [1.54, 1.807) is 11.3 Å². The van der Waals surface area contributed by atoms with E-state index in [1.165, 1.54) is 16.0 Å². The Bertz CT molecular complexity index is 1650. The summed E-state index contributed by atoms with van der Waals surface area (Å²) < 4.78 is 0. The molecule has 0 bridgehead atoms. The van der Waals surface area contributed by atoms with E-state index in [0.29, 0.717) is 19.3 Å². The molecule has 0 saturated carbocycles. The number of unbranched alkanes of at least 4 members (excludes halogenated alkanes) is 2. The van der Waals surface area contributed by atoms with Crippen molar-refractivity contribution in [2.45, 2.75) is 123 Å². The highest BCUT2D eigenvalue weighted by atomic mass is 32.1. The predicted molar refractivity (Wildman–Crippen MR) is 205 cm³/mol. The van der Waals surface area contributed by atoms with Crippen LogP contribution in [0.5, 0.6) is 0 Å². The van der Waals surface area contributed by atoms with Gasteiger partial charge in [-0.2, -0.15) is 0 Å². The number of carbonyl (C=O) groups excluding carboxylic acids is 4. The minimum Gasteiger partial charge on any atom is -0.391 e. The van der Waals surface area contributed by atoms with Gasteiger partial charge in [-0.3, -0.25) is 19.2 Å². The maximum atomic E-state index is 13.9. The zero-order valence-electron chi connectivity index (χ0n) is 31.0. The van der Waals surface area contributed by atoms with E-state index in [9.17, 15) is 24.3 Å². The van der Waals surface area contributed by atoms with Crippen LogP contribution in [0.25, 0.3) is 10.4 Å². The van der Waals surface area contributed by atoms with E-state index in [4.69, 9.17) is 11.5 Å². The molecule has 1 fully saturated rings. The topological polar surface area (TPSA) is 181 Å². The summed E-state index contributed by atoms with van der Waals surface area (Å²) in [4.78, 5) is 58.3. The molecule has 2 heterocycles. The van der Waals surface area contributed by atoms with Gasteiger partial charge in [-0.25, -0.2) is 4.98 Å². The molecule has 0 unspecified atom stereocenters. The van der Waals surface area contributed by atoms with Crippen molar-refractivity contribution < 1.29 is 24.3 Å². The normalized spacial score (nSPS) is 17.1. The quantitative estimate of drug-likeness (QED) is 0.119. The molecule has 1 aromatic heterocycles. The maximum Gasteiger partial charge on any atom is 0.246 e. The van der Waals surface area contributed by atoms with Crippen molar-refractivity contribution in [2.24, 2.45) is 16.9 Å². The number of aliphatic hydroxyl groups is 1. The molecule has 4 amide bonds. The van der Waals surface area contributed by atoms with Crippen LogP contribution in [-0.2, 0) is 38.6 Å². The smallest absolute Gasteiger partial charge is 0.246 e. The lowest BCUT2D eigenvalue weighted by molar-refractivity contribution is -0.144. The van der Waals surface area contributed by atoms with Crippen LogP contribution in [-0.4, -0.2) is 69.4 Å². The van der Waals surface area contributed by atoms with E-state index in [2.05, 4.69) is 33.8 Å². The number of benzene rings is 2. The summed E-state index contributed by atoms with van der Waals surface area (Å²) in [5.74, 6) is -1.23. The first-order valence-electron chi connectivity index (χ1n) is 18.4. The molecule has 1 aliphatic rings. The summed E-state index contributed by atoms with van der Waals surface area (Å²) in [5, 5.41) is 16.4. The molecule has 4 atom stereocenters. The molecule has 3 aromatic rings. The van der Waals surface area contributed by atoms with E-state index in [0.717, 1.165) is 53.8 Å². The number of hydrogen-bond donors (Lipinski definition) is 5. The molecule has 0 spiro atoms. The van der Waals surface area contributed by atoms with Gasteiger partial charge < -0.3 is 32.1 Å². The molecule has 12 heteroatoms. The third-order valence-electron chi connectivity index (χ3n) is 9.64. The number of nitrogens with one attached hydrogen (secondary N) is 2. The highest BCUT2D eigenvalue weighted by molar-refractivity contribution is 7.13. The second-order valence-corrected chi connectivity index (χ2v) is 16.0. The summed E-state index contributed by atoms with van der Waals surface area (Å²) in [6.45, 7) is 7.95. The summed E-state index contributed by atoms with van der Waals surface area (Å²) in [7, 11) is 0. The van der Waals surface area contributed by atoms with Gasteiger partial charge in [0.2, 0.25) is 23.6 Å². The first-order chi connectivity index (χ1) is 24.7. The Hall–Kier alpha value is -4.13. The van der Waals surface area contributed by atoms with Crippen molar-refractivity contribution in [2.75, 3.05) is 6.54 Å².